The fourth-order valence-electron chi connectivity index (χ4n) is 6.47. The van der Waals surface area contributed by atoms with Gasteiger partial charge in [-0.25, -0.2) is 9.59 Å². The van der Waals surface area contributed by atoms with Crippen molar-refractivity contribution in [3.8, 4) is 0 Å². The smallest absolute Gasteiger partial charge is 0.328 e. The van der Waals surface area contributed by atoms with E-state index < -0.39 is 24.3 Å². The van der Waals surface area contributed by atoms with Crippen LogP contribution in [0.3, 0.4) is 0 Å². The molecule has 0 unspecified atom stereocenters. The van der Waals surface area contributed by atoms with Gasteiger partial charge in [0.25, 0.3) is 0 Å². The Labute approximate surface area is 299 Å². The highest BCUT2D eigenvalue weighted by Gasteiger charge is 2.33. The number of esters is 1. The number of anilines is 1. The van der Waals surface area contributed by atoms with Gasteiger partial charge < -0.3 is 30.0 Å². The molecular weight excluding hydrogens is 642 g/mol. The molecule has 1 heterocycles. The average Bonchev–Trinajstić information content (AvgIpc) is 3.17. The van der Waals surface area contributed by atoms with Crippen molar-refractivity contribution in [3.63, 3.8) is 0 Å². The molecule has 51 heavy (non-hydrogen) atoms. The van der Waals surface area contributed by atoms with Crippen LogP contribution in [0.5, 0.6) is 0 Å². The number of aliphatic hydroxyl groups excluding tert-OH is 1. The van der Waals surface area contributed by atoms with Crippen molar-refractivity contribution in [1.82, 2.24) is 10.2 Å². The Bertz CT molecular complexity index is 1900. The maximum Gasteiger partial charge on any atom is 0.328 e. The van der Waals surface area contributed by atoms with Gasteiger partial charge in [-0.1, -0.05) is 103 Å². The second-order valence-corrected chi connectivity index (χ2v) is 13.1. The molecule has 1 fully saturated rings. The number of hydrogen-bond donors (Lipinski definition) is 3. The third-order valence-corrected chi connectivity index (χ3v) is 9.54. The zero-order chi connectivity index (χ0) is 35.7. The van der Waals surface area contributed by atoms with E-state index in [2.05, 4.69) is 72.0 Å². The third kappa shape index (κ3) is 9.19. The number of rotatable bonds is 12. The van der Waals surface area contributed by atoms with E-state index in [4.69, 9.17) is 14.2 Å². The van der Waals surface area contributed by atoms with E-state index in [1.54, 1.807) is 12.1 Å². The number of urea groups is 1. The Morgan fingerprint density at radius 1 is 0.843 bits per heavy atom. The highest BCUT2D eigenvalue weighted by Crippen LogP contribution is 2.39. The molecular formula is C42H45N3O6. The number of likely N-dealkylation sites (N-methyl/N-ethyl adjacent to an activating group) is 1. The van der Waals surface area contributed by atoms with E-state index in [-0.39, 0.29) is 24.9 Å². The summed E-state index contributed by atoms with van der Waals surface area (Å²) in [6, 6.07) is 38.4. The highest BCUT2D eigenvalue weighted by atomic mass is 16.7. The number of fused-ring (bicyclic) bond motifs is 1. The first-order chi connectivity index (χ1) is 24.8. The predicted molar refractivity (Wildman–Crippen MR) is 198 cm³/mol. The molecule has 1 aliphatic rings. The molecule has 0 bridgehead atoms. The van der Waals surface area contributed by atoms with Crippen molar-refractivity contribution >= 4 is 28.5 Å². The molecule has 264 valence electrons. The summed E-state index contributed by atoms with van der Waals surface area (Å²) in [5.74, 6) is -0.525. The van der Waals surface area contributed by atoms with Crippen molar-refractivity contribution in [1.29, 1.82) is 0 Å². The summed E-state index contributed by atoms with van der Waals surface area (Å²) < 4.78 is 18.1. The van der Waals surface area contributed by atoms with Crippen LogP contribution in [0.1, 0.15) is 59.6 Å². The molecule has 1 saturated heterocycles. The van der Waals surface area contributed by atoms with Gasteiger partial charge in [0, 0.05) is 36.7 Å². The summed E-state index contributed by atoms with van der Waals surface area (Å²) in [7, 11) is 3.42. The van der Waals surface area contributed by atoms with Gasteiger partial charge in [-0.15, -0.1) is 0 Å². The van der Waals surface area contributed by atoms with Gasteiger partial charge in [0.05, 0.1) is 25.9 Å². The minimum atomic E-state index is -0.844. The monoisotopic (exact) mass is 687 g/mol. The Balaban J connectivity index is 1.14. The van der Waals surface area contributed by atoms with Crippen LogP contribution in [-0.4, -0.2) is 54.9 Å². The Hall–Kier alpha value is -5.06. The summed E-state index contributed by atoms with van der Waals surface area (Å²) in [6.07, 6.45) is -0.0455. The minimum Gasteiger partial charge on any atom is -0.467 e. The molecule has 5 aromatic carbocycles. The Morgan fingerprint density at radius 2 is 1.53 bits per heavy atom. The number of methoxy groups -OCH3 is 1. The standard InChI is InChI=1S/C42H45N3O6/c1-28(34-18-17-31-11-7-8-12-35(31)24-34)45(2)26-37-25-39(32-15-13-30(27-46)14-16-32)51-41(50-37)33-19-21-36(22-20-33)43-42(48)44-38(40(47)49-3)23-29-9-5-4-6-10-29/h4-22,24,28,37-39,41,46H,23,25-27H2,1-3H3,(H2,43,44,48)/t28-,37-,38+,39+,41+/m1/s1. The van der Waals surface area contributed by atoms with Gasteiger partial charge in [-0.05, 0) is 65.2 Å². The summed E-state index contributed by atoms with van der Waals surface area (Å²) in [6.45, 7) is 2.87. The van der Waals surface area contributed by atoms with Gasteiger partial charge in [-0.3, -0.25) is 4.90 Å². The van der Waals surface area contributed by atoms with E-state index in [1.165, 1.54) is 23.4 Å². The zero-order valence-electron chi connectivity index (χ0n) is 29.2. The first-order valence-corrected chi connectivity index (χ1v) is 17.3. The maximum absolute atomic E-state index is 12.9. The lowest BCUT2D eigenvalue weighted by atomic mass is 9.98. The number of carbonyl (C=O) groups is 2. The quantitative estimate of drug-likeness (QED) is 0.117. The number of nitrogens with zero attached hydrogens (tertiary/aromatic N) is 1. The predicted octanol–water partition coefficient (Wildman–Crippen LogP) is 7.48. The lowest BCUT2D eigenvalue weighted by molar-refractivity contribution is -0.253. The molecule has 1 aliphatic heterocycles. The van der Waals surface area contributed by atoms with Gasteiger partial charge in [0.2, 0.25) is 0 Å². The third-order valence-electron chi connectivity index (χ3n) is 9.54. The van der Waals surface area contributed by atoms with Crippen LogP contribution < -0.4 is 10.6 Å². The summed E-state index contributed by atoms with van der Waals surface area (Å²) in [5.41, 5.74) is 5.35. The number of amides is 2. The molecule has 0 aromatic heterocycles. The molecule has 5 aromatic rings. The average molecular weight is 688 g/mol. The molecule has 0 aliphatic carbocycles. The van der Waals surface area contributed by atoms with Crippen LogP contribution in [0.2, 0.25) is 0 Å². The van der Waals surface area contributed by atoms with E-state index in [0.717, 1.165) is 22.3 Å². The van der Waals surface area contributed by atoms with Gasteiger partial charge in [0.1, 0.15) is 6.04 Å². The minimum absolute atomic E-state index is 0.0214. The number of benzene rings is 5. The van der Waals surface area contributed by atoms with Crippen molar-refractivity contribution in [2.24, 2.45) is 0 Å². The van der Waals surface area contributed by atoms with Crippen LogP contribution in [0.4, 0.5) is 10.5 Å². The Kier molecular flexibility index (Phi) is 11.8. The van der Waals surface area contributed by atoms with Crippen LogP contribution in [-0.2, 0) is 32.0 Å². The van der Waals surface area contributed by atoms with Crippen molar-refractivity contribution < 1.29 is 28.9 Å². The largest absolute Gasteiger partial charge is 0.467 e. The van der Waals surface area contributed by atoms with Crippen LogP contribution >= 0.6 is 0 Å². The SMILES string of the molecule is COC(=O)[C@H](Cc1ccccc1)NC(=O)Nc1ccc([C@H]2O[C@@H](CN(C)[C@H](C)c3ccc4ccccc4c3)C[C@@H](c3ccc(CO)cc3)O2)cc1. The second-order valence-electron chi connectivity index (χ2n) is 13.1. The fourth-order valence-corrected chi connectivity index (χ4v) is 6.47. The normalized spacial score (nSPS) is 18.6. The molecule has 2 amide bonds. The molecule has 3 N–H and O–H groups in total. The molecule has 0 saturated carbocycles. The summed E-state index contributed by atoms with van der Waals surface area (Å²) in [4.78, 5) is 27.7. The lowest BCUT2D eigenvalue weighted by Crippen LogP contribution is -2.45. The molecule has 5 atom stereocenters. The van der Waals surface area contributed by atoms with Crippen molar-refractivity contribution in [2.45, 2.75) is 57.0 Å². The molecule has 9 nitrogen and oxygen atoms in total. The summed E-state index contributed by atoms with van der Waals surface area (Å²) >= 11 is 0. The number of nitrogens with one attached hydrogen (secondary N) is 2. The molecule has 9 heteroatoms. The molecule has 0 spiro atoms. The first kappa shape index (κ1) is 35.8. The first-order valence-electron chi connectivity index (χ1n) is 17.3. The topological polar surface area (TPSA) is 109 Å². The van der Waals surface area contributed by atoms with Crippen LogP contribution in [0, 0.1) is 0 Å². The number of aliphatic hydroxyl groups is 1. The van der Waals surface area contributed by atoms with Crippen molar-refractivity contribution in [2.75, 3.05) is 26.0 Å². The zero-order valence-corrected chi connectivity index (χ0v) is 29.2. The maximum atomic E-state index is 12.9. The van der Waals surface area contributed by atoms with E-state index in [1.807, 2.05) is 66.7 Å². The molecule has 6 rings (SSSR count). The van der Waals surface area contributed by atoms with E-state index in [9.17, 15) is 14.7 Å². The van der Waals surface area contributed by atoms with E-state index in [0.29, 0.717) is 25.1 Å². The van der Waals surface area contributed by atoms with Gasteiger partial charge in [0.15, 0.2) is 6.29 Å². The second kappa shape index (κ2) is 16.8. The van der Waals surface area contributed by atoms with Crippen LogP contribution in [0.25, 0.3) is 10.8 Å². The van der Waals surface area contributed by atoms with Gasteiger partial charge >= 0.3 is 12.0 Å². The van der Waals surface area contributed by atoms with E-state index >= 15 is 0 Å². The lowest BCUT2D eigenvalue weighted by Gasteiger charge is -2.39. The Morgan fingerprint density at radius 3 is 2.24 bits per heavy atom. The highest BCUT2D eigenvalue weighted by molar-refractivity contribution is 5.92. The number of hydrogen-bond acceptors (Lipinski definition) is 7. The van der Waals surface area contributed by atoms with Gasteiger partial charge in [-0.2, -0.15) is 0 Å². The summed E-state index contributed by atoms with van der Waals surface area (Å²) in [5, 5.41) is 17.6. The number of carbonyl (C=O) groups excluding carboxylic acids is 2. The molecule has 0 radical (unpaired) electrons. The number of ether oxygens (including phenoxy) is 3. The fraction of sp³-hybridized carbons (Fsp3) is 0.286. The van der Waals surface area contributed by atoms with Crippen LogP contribution in [0.15, 0.2) is 121 Å². The van der Waals surface area contributed by atoms with Crippen molar-refractivity contribution in [3.05, 3.63) is 149 Å².